The van der Waals surface area contributed by atoms with Crippen molar-refractivity contribution in [1.29, 1.82) is 0 Å². The van der Waals surface area contributed by atoms with Gasteiger partial charge in [-0.25, -0.2) is 4.98 Å². The smallest absolute Gasteiger partial charge is 0.254 e. The number of aryl methyl sites for hydroxylation is 1. The van der Waals surface area contributed by atoms with Gasteiger partial charge in [0.25, 0.3) is 5.91 Å². The zero-order valence-electron chi connectivity index (χ0n) is 15.2. The molecule has 0 fully saturated rings. The molecular formula is C20H22N4O2. The average Bonchev–Trinajstić information content (AvgIpc) is 3.12. The molecule has 6 nitrogen and oxygen atoms in total. The maximum Gasteiger partial charge on any atom is 0.254 e. The van der Waals surface area contributed by atoms with Crippen molar-refractivity contribution >= 4 is 5.91 Å². The van der Waals surface area contributed by atoms with Crippen LogP contribution >= 0.6 is 0 Å². The molecule has 0 spiro atoms. The second-order valence-corrected chi connectivity index (χ2v) is 6.11. The quantitative estimate of drug-likeness (QED) is 0.686. The number of pyridine rings is 1. The molecule has 3 rings (SSSR count). The zero-order valence-corrected chi connectivity index (χ0v) is 15.2. The lowest BCUT2D eigenvalue weighted by Crippen LogP contribution is -2.34. The first-order valence-corrected chi connectivity index (χ1v) is 8.35. The van der Waals surface area contributed by atoms with Crippen LogP contribution in [0.1, 0.15) is 22.1 Å². The number of carbonyl (C=O) groups is 1. The molecule has 134 valence electrons. The van der Waals surface area contributed by atoms with Gasteiger partial charge in [0.15, 0.2) is 0 Å². The number of hydrogen-bond acceptors (Lipinski definition) is 4. The third kappa shape index (κ3) is 3.65. The molecular weight excluding hydrogens is 328 g/mol. The van der Waals surface area contributed by atoms with Crippen LogP contribution in [0.2, 0.25) is 0 Å². The number of imidazole rings is 1. The van der Waals surface area contributed by atoms with Crippen LogP contribution in [-0.4, -0.2) is 46.1 Å². The summed E-state index contributed by atoms with van der Waals surface area (Å²) in [6.45, 7) is 0.381. The monoisotopic (exact) mass is 350 g/mol. The van der Waals surface area contributed by atoms with Crippen molar-refractivity contribution in [1.82, 2.24) is 19.4 Å². The number of likely N-dealkylation sites (N-methyl/N-ethyl adjacent to an activating group) is 1. The highest BCUT2D eigenvalue weighted by atomic mass is 16.5. The Labute approximate surface area is 153 Å². The Morgan fingerprint density at radius 1 is 1.23 bits per heavy atom. The largest absolute Gasteiger partial charge is 0.382 e. The van der Waals surface area contributed by atoms with Gasteiger partial charge >= 0.3 is 0 Å². The maximum atomic E-state index is 12.9. The van der Waals surface area contributed by atoms with E-state index in [2.05, 4.69) is 9.97 Å². The van der Waals surface area contributed by atoms with Crippen LogP contribution in [0.4, 0.5) is 0 Å². The van der Waals surface area contributed by atoms with Crippen molar-refractivity contribution in [3.05, 3.63) is 72.4 Å². The van der Waals surface area contributed by atoms with Gasteiger partial charge in [0, 0.05) is 33.0 Å². The SMILES string of the molecule is COC[C@H](c1ccccn1)N(C)C(=O)c1ccc(-c2cncn2C)cc1. The molecule has 26 heavy (non-hydrogen) atoms. The fourth-order valence-corrected chi connectivity index (χ4v) is 2.89. The van der Waals surface area contributed by atoms with Crippen LogP contribution < -0.4 is 0 Å². The number of carbonyl (C=O) groups excluding carboxylic acids is 1. The molecule has 2 heterocycles. The van der Waals surface area contributed by atoms with E-state index in [4.69, 9.17) is 4.74 Å². The average molecular weight is 350 g/mol. The van der Waals surface area contributed by atoms with Crippen LogP contribution in [0.3, 0.4) is 0 Å². The first kappa shape index (κ1) is 17.8. The van der Waals surface area contributed by atoms with E-state index >= 15 is 0 Å². The number of amides is 1. The summed E-state index contributed by atoms with van der Waals surface area (Å²) >= 11 is 0. The molecule has 0 aliphatic carbocycles. The minimum atomic E-state index is -0.245. The summed E-state index contributed by atoms with van der Waals surface area (Å²) in [5.74, 6) is -0.0748. The molecule has 0 aliphatic heterocycles. The minimum absolute atomic E-state index is 0.0748. The lowest BCUT2D eigenvalue weighted by atomic mass is 10.1. The Hall–Kier alpha value is -2.99. The maximum absolute atomic E-state index is 12.9. The predicted molar refractivity (Wildman–Crippen MR) is 99.6 cm³/mol. The van der Waals surface area contributed by atoms with Gasteiger partial charge < -0.3 is 14.2 Å². The van der Waals surface area contributed by atoms with E-state index in [0.717, 1.165) is 17.0 Å². The molecule has 1 amide bonds. The molecule has 0 bridgehead atoms. The third-order valence-electron chi connectivity index (χ3n) is 4.39. The van der Waals surface area contributed by atoms with E-state index in [1.165, 1.54) is 0 Å². The highest BCUT2D eigenvalue weighted by Gasteiger charge is 2.23. The molecule has 1 atom stereocenters. The number of benzene rings is 1. The van der Waals surface area contributed by atoms with Crippen LogP contribution in [-0.2, 0) is 11.8 Å². The Morgan fingerprint density at radius 3 is 2.58 bits per heavy atom. The van der Waals surface area contributed by atoms with Gasteiger partial charge in [0.1, 0.15) is 0 Å². The first-order chi connectivity index (χ1) is 12.6. The molecule has 1 aromatic carbocycles. The van der Waals surface area contributed by atoms with E-state index in [-0.39, 0.29) is 11.9 Å². The van der Waals surface area contributed by atoms with Gasteiger partial charge in [-0.3, -0.25) is 9.78 Å². The summed E-state index contributed by atoms with van der Waals surface area (Å²) in [5.41, 5.74) is 3.44. The van der Waals surface area contributed by atoms with Crippen LogP contribution in [0.5, 0.6) is 0 Å². The van der Waals surface area contributed by atoms with E-state index in [1.54, 1.807) is 37.8 Å². The molecule has 0 N–H and O–H groups in total. The van der Waals surface area contributed by atoms with E-state index < -0.39 is 0 Å². The second-order valence-electron chi connectivity index (χ2n) is 6.11. The van der Waals surface area contributed by atoms with Crippen molar-refractivity contribution in [2.75, 3.05) is 20.8 Å². The van der Waals surface area contributed by atoms with E-state index in [0.29, 0.717) is 12.2 Å². The van der Waals surface area contributed by atoms with Crippen molar-refractivity contribution in [2.24, 2.45) is 7.05 Å². The van der Waals surface area contributed by atoms with Gasteiger partial charge in [0.05, 0.1) is 36.6 Å². The van der Waals surface area contributed by atoms with E-state index in [9.17, 15) is 4.79 Å². The number of ether oxygens (including phenoxy) is 1. The molecule has 2 aromatic heterocycles. The van der Waals surface area contributed by atoms with Crippen LogP contribution in [0.15, 0.2) is 61.2 Å². The second kappa shape index (κ2) is 7.93. The van der Waals surface area contributed by atoms with Gasteiger partial charge in [0.2, 0.25) is 0 Å². The van der Waals surface area contributed by atoms with Gasteiger partial charge in [-0.2, -0.15) is 0 Å². The van der Waals surface area contributed by atoms with Gasteiger partial charge in [-0.05, 0) is 29.8 Å². The molecule has 6 heteroatoms. The predicted octanol–water partition coefficient (Wildman–Crippen LogP) is 2.94. The van der Waals surface area contributed by atoms with Crippen LogP contribution in [0, 0.1) is 0 Å². The van der Waals surface area contributed by atoms with Gasteiger partial charge in [-0.15, -0.1) is 0 Å². The molecule has 3 aromatic rings. The standard InChI is InChI=1S/C20H22N4O2/c1-23-14-21-12-18(23)15-7-9-16(10-8-15)20(25)24(2)19(13-26-3)17-6-4-5-11-22-17/h4-12,14,19H,13H2,1-3H3/t19-/m1/s1. The summed E-state index contributed by atoms with van der Waals surface area (Å²) in [4.78, 5) is 23.1. The molecule has 0 saturated heterocycles. The summed E-state index contributed by atoms with van der Waals surface area (Å²) in [7, 11) is 5.34. The molecule has 0 radical (unpaired) electrons. The third-order valence-corrected chi connectivity index (χ3v) is 4.39. The minimum Gasteiger partial charge on any atom is -0.382 e. The van der Waals surface area contributed by atoms with Gasteiger partial charge in [-0.1, -0.05) is 18.2 Å². The number of rotatable bonds is 6. The number of hydrogen-bond donors (Lipinski definition) is 0. The normalized spacial score (nSPS) is 12.0. The van der Waals surface area contributed by atoms with Crippen molar-refractivity contribution in [2.45, 2.75) is 6.04 Å². The summed E-state index contributed by atoms with van der Waals surface area (Å²) < 4.78 is 7.25. The van der Waals surface area contributed by atoms with E-state index in [1.807, 2.05) is 54.1 Å². The Morgan fingerprint density at radius 2 is 2.00 bits per heavy atom. The fraction of sp³-hybridized carbons (Fsp3) is 0.250. The molecule has 0 aliphatic rings. The summed E-state index contributed by atoms with van der Waals surface area (Å²) in [5, 5.41) is 0. The molecule has 0 unspecified atom stereocenters. The highest BCUT2D eigenvalue weighted by Crippen LogP contribution is 2.22. The van der Waals surface area contributed by atoms with Crippen molar-refractivity contribution in [3.8, 4) is 11.3 Å². The lowest BCUT2D eigenvalue weighted by molar-refractivity contribution is 0.0595. The lowest BCUT2D eigenvalue weighted by Gasteiger charge is -2.27. The summed E-state index contributed by atoms with van der Waals surface area (Å²) in [6.07, 6.45) is 5.28. The highest BCUT2D eigenvalue weighted by molar-refractivity contribution is 5.94. The summed E-state index contributed by atoms with van der Waals surface area (Å²) in [6, 6.07) is 13.0. The first-order valence-electron chi connectivity index (χ1n) is 8.35. The zero-order chi connectivity index (χ0) is 18.5. The topological polar surface area (TPSA) is 60.2 Å². The van der Waals surface area contributed by atoms with Crippen molar-refractivity contribution in [3.63, 3.8) is 0 Å². The molecule has 0 saturated carbocycles. The number of aromatic nitrogens is 3. The number of methoxy groups -OCH3 is 1. The Bertz CT molecular complexity index is 859. The Kier molecular flexibility index (Phi) is 5.43. The van der Waals surface area contributed by atoms with Crippen molar-refractivity contribution < 1.29 is 9.53 Å². The Balaban J connectivity index is 1.82. The number of nitrogens with zero attached hydrogens (tertiary/aromatic N) is 4. The fourth-order valence-electron chi connectivity index (χ4n) is 2.89. The van der Waals surface area contributed by atoms with Crippen LogP contribution in [0.25, 0.3) is 11.3 Å².